The van der Waals surface area contributed by atoms with Gasteiger partial charge < -0.3 is 11.1 Å². The van der Waals surface area contributed by atoms with Crippen molar-refractivity contribution in [3.8, 4) is 0 Å². The van der Waals surface area contributed by atoms with Crippen molar-refractivity contribution in [1.29, 1.82) is 0 Å². The van der Waals surface area contributed by atoms with Gasteiger partial charge in [-0.05, 0) is 25.4 Å². The highest BCUT2D eigenvalue weighted by Gasteiger charge is 2.02. The van der Waals surface area contributed by atoms with Gasteiger partial charge in [0.05, 0.1) is 0 Å². The zero-order chi connectivity index (χ0) is 12.7. The molecule has 0 saturated carbocycles. The molecule has 0 unspecified atom stereocenters. The molecule has 0 aliphatic rings. The third kappa shape index (κ3) is 4.10. The molecule has 0 atom stereocenters. The predicted molar refractivity (Wildman–Crippen MR) is 73.2 cm³/mol. The number of anilines is 2. The highest BCUT2D eigenvalue weighted by molar-refractivity contribution is 6.07. The molecule has 1 rings (SSSR count). The van der Waals surface area contributed by atoms with Gasteiger partial charge in [-0.2, -0.15) is 15.0 Å². The quantitative estimate of drug-likeness (QED) is 0.572. The fourth-order valence-electron chi connectivity index (χ4n) is 1.14. The van der Waals surface area contributed by atoms with E-state index in [9.17, 15) is 0 Å². The molecule has 0 aliphatic carbocycles. The molecule has 6 heteroatoms. The number of rotatable bonds is 5. The highest BCUT2D eigenvalue weighted by Crippen LogP contribution is 2.07. The second kappa shape index (κ2) is 6.47. The van der Waals surface area contributed by atoms with Crippen LogP contribution >= 0.6 is 0 Å². The summed E-state index contributed by atoms with van der Waals surface area (Å²) < 4.78 is 0. The summed E-state index contributed by atoms with van der Waals surface area (Å²) in [6.07, 6.45) is 8.09. The summed E-state index contributed by atoms with van der Waals surface area (Å²) in [5.74, 6) is 1.31. The minimum atomic E-state index is 0.216. The van der Waals surface area contributed by atoms with Gasteiger partial charge in [-0.15, -0.1) is 0 Å². The molecule has 0 aliphatic heterocycles. The zero-order valence-corrected chi connectivity index (χ0v) is 10.1. The molecule has 88 valence electrons. The molecule has 1 aromatic rings. The maximum Gasteiger partial charge on any atom is 0.232 e. The SMILES string of the molecule is BCc1nc(N)nc(N/C(C=C)=C/C=C\C)n1. The molecule has 0 radical (unpaired) electrons. The van der Waals surface area contributed by atoms with Crippen molar-refractivity contribution in [1.82, 2.24) is 15.0 Å². The molecule has 17 heavy (non-hydrogen) atoms. The summed E-state index contributed by atoms with van der Waals surface area (Å²) in [5, 5.41) is 3.03. The summed E-state index contributed by atoms with van der Waals surface area (Å²) in [5.41, 5.74) is 6.39. The Hall–Kier alpha value is -2.11. The van der Waals surface area contributed by atoms with Crippen LogP contribution < -0.4 is 11.1 Å². The number of hydrogen-bond acceptors (Lipinski definition) is 5. The smallest absolute Gasteiger partial charge is 0.232 e. The Morgan fingerprint density at radius 3 is 2.82 bits per heavy atom. The Morgan fingerprint density at radius 1 is 1.47 bits per heavy atom. The molecule has 0 saturated heterocycles. The van der Waals surface area contributed by atoms with Crippen LogP contribution in [0.25, 0.3) is 0 Å². The molecule has 5 nitrogen and oxygen atoms in total. The molecule has 0 bridgehead atoms. The van der Waals surface area contributed by atoms with E-state index < -0.39 is 0 Å². The van der Waals surface area contributed by atoms with Crippen molar-refractivity contribution in [3.63, 3.8) is 0 Å². The highest BCUT2D eigenvalue weighted by atomic mass is 15.2. The first kappa shape index (κ1) is 13.0. The van der Waals surface area contributed by atoms with Gasteiger partial charge in [0.2, 0.25) is 11.9 Å². The first-order valence-corrected chi connectivity index (χ1v) is 5.42. The number of nitrogen functional groups attached to an aromatic ring is 1. The Bertz CT molecular complexity index is 453. The van der Waals surface area contributed by atoms with Crippen LogP contribution in [0.2, 0.25) is 0 Å². The topological polar surface area (TPSA) is 76.7 Å². The van der Waals surface area contributed by atoms with E-state index in [1.165, 1.54) is 0 Å². The van der Waals surface area contributed by atoms with Crippen molar-refractivity contribution < 1.29 is 0 Å². The van der Waals surface area contributed by atoms with Crippen molar-refractivity contribution in [3.05, 3.63) is 42.4 Å². The molecule has 1 heterocycles. The van der Waals surface area contributed by atoms with Crippen molar-refractivity contribution >= 4 is 19.7 Å². The van der Waals surface area contributed by atoms with Crippen LogP contribution in [0, 0.1) is 0 Å². The van der Waals surface area contributed by atoms with Crippen LogP contribution in [-0.2, 0) is 6.32 Å². The summed E-state index contributed by atoms with van der Waals surface area (Å²) in [6.45, 7) is 5.65. The molecule has 3 N–H and O–H groups in total. The largest absolute Gasteiger partial charge is 0.368 e. The van der Waals surface area contributed by atoms with E-state index in [-0.39, 0.29) is 5.95 Å². The minimum Gasteiger partial charge on any atom is -0.368 e. The lowest BCUT2D eigenvalue weighted by atomic mass is 10.1. The van der Waals surface area contributed by atoms with E-state index >= 15 is 0 Å². The number of nitrogens with zero attached hydrogens (tertiary/aromatic N) is 3. The first-order chi connectivity index (χ1) is 8.19. The average Bonchev–Trinajstić information content (AvgIpc) is 2.33. The second-order valence-electron chi connectivity index (χ2n) is 3.26. The predicted octanol–water partition coefficient (Wildman–Crippen LogP) is 0.645. The average molecular weight is 229 g/mol. The van der Waals surface area contributed by atoms with Gasteiger partial charge in [0, 0.05) is 5.70 Å². The number of nitrogens with two attached hydrogens (primary N) is 1. The van der Waals surface area contributed by atoms with E-state index in [0.29, 0.717) is 18.1 Å². The van der Waals surface area contributed by atoms with Gasteiger partial charge in [-0.3, -0.25) is 0 Å². The van der Waals surface area contributed by atoms with Gasteiger partial charge in [-0.1, -0.05) is 18.7 Å². The molecule has 1 aromatic heterocycles. The Kier molecular flexibility index (Phi) is 4.93. The maximum atomic E-state index is 5.59. The molecular formula is C11H16BN5. The number of allylic oxidation sites excluding steroid dienone is 4. The van der Waals surface area contributed by atoms with E-state index in [1.54, 1.807) is 6.08 Å². The number of aromatic nitrogens is 3. The maximum absolute atomic E-state index is 5.59. The van der Waals surface area contributed by atoms with Crippen LogP contribution in [0.15, 0.2) is 36.6 Å². The van der Waals surface area contributed by atoms with Gasteiger partial charge in [0.15, 0.2) is 0 Å². The van der Waals surface area contributed by atoms with Crippen LogP contribution in [0.3, 0.4) is 0 Å². The molecule has 0 aromatic carbocycles. The lowest BCUT2D eigenvalue weighted by Gasteiger charge is -2.06. The monoisotopic (exact) mass is 229 g/mol. The summed E-state index contributed by atoms with van der Waals surface area (Å²) in [7, 11) is 1.96. The third-order valence-electron chi connectivity index (χ3n) is 1.96. The van der Waals surface area contributed by atoms with Crippen molar-refractivity contribution in [2.24, 2.45) is 0 Å². The van der Waals surface area contributed by atoms with Crippen molar-refractivity contribution in [2.45, 2.75) is 13.2 Å². The Labute approximate surface area is 102 Å². The van der Waals surface area contributed by atoms with Crippen LogP contribution in [0.1, 0.15) is 12.7 Å². The lowest BCUT2D eigenvalue weighted by molar-refractivity contribution is 0.975. The Morgan fingerprint density at radius 2 is 2.24 bits per heavy atom. The fraction of sp³-hybridized carbons (Fsp3) is 0.182. The van der Waals surface area contributed by atoms with Crippen LogP contribution in [0.4, 0.5) is 11.9 Å². The normalized spacial score (nSPS) is 11.7. The Balaban J connectivity index is 2.93. The first-order valence-electron chi connectivity index (χ1n) is 5.42. The third-order valence-corrected chi connectivity index (χ3v) is 1.96. The number of hydrogen-bond donors (Lipinski definition) is 2. The molecular weight excluding hydrogens is 213 g/mol. The van der Waals surface area contributed by atoms with Gasteiger partial charge in [0.25, 0.3) is 0 Å². The summed E-state index contributed by atoms with van der Waals surface area (Å²) in [6, 6.07) is 0. The van der Waals surface area contributed by atoms with E-state index in [2.05, 4.69) is 26.8 Å². The number of nitrogens with one attached hydrogen (secondary N) is 1. The molecule has 0 fully saturated rings. The van der Waals surface area contributed by atoms with Gasteiger partial charge in [0.1, 0.15) is 13.7 Å². The zero-order valence-electron chi connectivity index (χ0n) is 10.1. The summed E-state index contributed by atoms with van der Waals surface area (Å²) in [4.78, 5) is 12.2. The van der Waals surface area contributed by atoms with E-state index in [4.69, 9.17) is 5.73 Å². The van der Waals surface area contributed by atoms with E-state index in [1.807, 2.05) is 33.0 Å². The second-order valence-corrected chi connectivity index (χ2v) is 3.26. The van der Waals surface area contributed by atoms with Crippen LogP contribution in [0.5, 0.6) is 0 Å². The van der Waals surface area contributed by atoms with Gasteiger partial charge >= 0.3 is 0 Å². The van der Waals surface area contributed by atoms with Gasteiger partial charge in [-0.25, -0.2) is 0 Å². The minimum absolute atomic E-state index is 0.216. The summed E-state index contributed by atoms with van der Waals surface area (Å²) >= 11 is 0. The lowest BCUT2D eigenvalue weighted by Crippen LogP contribution is -2.09. The van der Waals surface area contributed by atoms with Crippen molar-refractivity contribution in [2.75, 3.05) is 11.1 Å². The fourth-order valence-corrected chi connectivity index (χ4v) is 1.14. The van der Waals surface area contributed by atoms with E-state index in [0.717, 1.165) is 5.70 Å². The standard InChI is InChI=1S/C11H16BN5/c1-3-5-6-8(4-2)14-11-16-9(7-12)15-10(13)17-11/h3-6H,2,7,12H2,1H3,(H3,13,14,15,16,17)/b5-3-,8-6+. The molecule has 0 amide bonds. The molecule has 0 spiro atoms. The van der Waals surface area contributed by atoms with Crippen LogP contribution in [-0.4, -0.2) is 22.8 Å².